The zero-order valence-electron chi connectivity index (χ0n) is 13.7. The van der Waals surface area contributed by atoms with Gasteiger partial charge in [0.25, 0.3) is 0 Å². The number of alkyl halides is 2. The fourth-order valence-corrected chi connectivity index (χ4v) is 3.26. The van der Waals surface area contributed by atoms with Gasteiger partial charge >= 0.3 is 11.9 Å². The number of hydrogen-bond donors (Lipinski definition) is 1. The van der Waals surface area contributed by atoms with E-state index >= 15 is 0 Å². The van der Waals surface area contributed by atoms with E-state index in [-0.39, 0.29) is 11.1 Å². The van der Waals surface area contributed by atoms with Crippen LogP contribution in [0.2, 0.25) is 0 Å². The number of carbonyl (C=O) groups is 2. The fourth-order valence-electron chi connectivity index (χ4n) is 2.37. The molecule has 0 saturated carbocycles. The Labute approximate surface area is 171 Å². The summed E-state index contributed by atoms with van der Waals surface area (Å²) in [4.78, 5) is 23.0. The molecule has 1 aromatic carbocycles. The van der Waals surface area contributed by atoms with Crippen LogP contribution in [0, 0.1) is 0 Å². The van der Waals surface area contributed by atoms with Gasteiger partial charge in [-0.15, -0.1) is 0 Å². The van der Waals surface area contributed by atoms with Crippen molar-refractivity contribution in [3.63, 3.8) is 0 Å². The molecular formula is C18H24I2O4. The molecule has 0 radical (unpaired) electrons. The van der Waals surface area contributed by atoms with Crippen molar-refractivity contribution in [2.45, 2.75) is 53.3 Å². The van der Waals surface area contributed by atoms with Crippen molar-refractivity contribution in [3.8, 4) is 0 Å². The van der Waals surface area contributed by atoms with Gasteiger partial charge in [-0.1, -0.05) is 95.8 Å². The van der Waals surface area contributed by atoms with Gasteiger partial charge in [0.2, 0.25) is 0 Å². The molecule has 4 nitrogen and oxygen atoms in total. The van der Waals surface area contributed by atoms with Crippen molar-refractivity contribution in [3.05, 3.63) is 35.4 Å². The molecule has 0 fully saturated rings. The van der Waals surface area contributed by atoms with Crippen molar-refractivity contribution in [2.75, 3.05) is 6.61 Å². The van der Waals surface area contributed by atoms with Gasteiger partial charge in [0.15, 0.2) is 0 Å². The number of esters is 1. The maximum Gasteiger partial charge on any atom is 0.339 e. The largest absolute Gasteiger partial charge is 0.478 e. The molecule has 0 atom stereocenters. The third-order valence-corrected chi connectivity index (χ3v) is 4.92. The molecule has 1 aromatic rings. The number of unbranched alkanes of at least 4 members (excludes halogenated alkanes) is 6. The molecule has 0 amide bonds. The van der Waals surface area contributed by atoms with E-state index in [1.165, 1.54) is 44.2 Å². The van der Waals surface area contributed by atoms with E-state index in [1.54, 1.807) is 12.1 Å². The van der Waals surface area contributed by atoms with Gasteiger partial charge in [-0.2, -0.15) is 0 Å². The Morgan fingerprint density at radius 1 is 0.917 bits per heavy atom. The van der Waals surface area contributed by atoms with Crippen LogP contribution in [0.1, 0.15) is 72.1 Å². The lowest BCUT2D eigenvalue weighted by Gasteiger charge is -2.07. The second-order valence-corrected chi connectivity index (χ2v) is 11.0. The number of aromatic carboxylic acids is 1. The summed E-state index contributed by atoms with van der Waals surface area (Å²) in [6, 6.07) is 6.14. The number of rotatable bonds is 12. The molecule has 0 bridgehead atoms. The molecule has 0 saturated heterocycles. The molecule has 1 N–H and O–H groups in total. The molecule has 6 heteroatoms. The lowest BCUT2D eigenvalue weighted by atomic mass is 10.1. The van der Waals surface area contributed by atoms with Crippen LogP contribution in [0.3, 0.4) is 0 Å². The Balaban J connectivity index is 2.11. The predicted molar refractivity (Wildman–Crippen MR) is 112 cm³/mol. The average molecular weight is 558 g/mol. The molecule has 134 valence electrons. The van der Waals surface area contributed by atoms with E-state index < -0.39 is 11.9 Å². The van der Waals surface area contributed by atoms with Gasteiger partial charge in [-0.3, -0.25) is 0 Å². The number of carboxylic acid groups (broad SMARTS) is 1. The Kier molecular flexibility index (Phi) is 11.7. The number of carbonyl (C=O) groups excluding carboxylic acids is 1. The lowest BCUT2D eigenvalue weighted by Crippen LogP contribution is -2.12. The number of ether oxygens (including phenoxy) is 1. The van der Waals surface area contributed by atoms with Crippen LogP contribution in [0.5, 0.6) is 0 Å². The highest BCUT2D eigenvalue weighted by atomic mass is 127. The minimum absolute atomic E-state index is 0.0113. The van der Waals surface area contributed by atoms with Gasteiger partial charge in [0, 0.05) is 0 Å². The summed E-state index contributed by atoms with van der Waals surface area (Å²) in [5, 5.41) is 9.07. The highest BCUT2D eigenvalue weighted by Gasteiger charge is 2.16. The minimum Gasteiger partial charge on any atom is -0.478 e. The van der Waals surface area contributed by atoms with Crippen LogP contribution in [-0.2, 0) is 4.74 Å². The maximum absolute atomic E-state index is 11.9. The lowest BCUT2D eigenvalue weighted by molar-refractivity contribution is 0.0487. The summed E-state index contributed by atoms with van der Waals surface area (Å²) in [6.45, 7) is 0.345. The summed E-state index contributed by atoms with van der Waals surface area (Å²) >= 11 is 4.91. The van der Waals surface area contributed by atoms with E-state index in [1.807, 2.05) is 0 Å². The van der Waals surface area contributed by atoms with Crippen molar-refractivity contribution >= 4 is 57.1 Å². The quantitative estimate of drug-likeness (QED) is 0.151. The van der Waals surface area contributed by atoms with Crippen LogP contribution >= 0.6 is 45.2 Å². The number of halogens is 2. The summed E-state index contributed by atoms with van der Waals surface area (Å²) in [6.07, 6.45) is 9.39. The van der Waals surface area contributed by atoms with Crippen molar-refractivity contribution in [2.24, 2.45) is 0 Å². The smallest absolute Gasteiger partial charge is 0.339 e. The third kappa shape index (κ3) is 9.19. The number of hydrogen-bond acceptors (Lipinski definition) is 3. The first-order chi connectivity index (χ1) is 11.5. The van der Waals surface area contributed by atoms with Crippen molar-refractivity contribution in [1.29, 1.82) is 0 Å². The van der Waals surface area contributed by atoms with Gasteiger partial charge in [0.05, 0.1) is 19.7 Å². The van der Waals surface area contributed by atoms with E-state index in [4.69, 9.17) is 9.84 Å². The Morgan fingerprint density at radius 3 is 2.04 bits per heavy atom. The van der Waals surface area contributed by atoms with Crippen molar-refractivity contribution in [1.82, 2.24) is 0 Å². The van der Waals surface area contributed by atoms with Gasteiger partial charge < -0.3 is 9.84 Å². The molecule has 0 aliphatic rings. The first kappa shape index (κ1) is 21.7. The molecule has 0 aromatic heterocycles. The molecule has 0 heterocycles. The van der Waals surface area contributed by atoms with Gasteiger partial charge in [0.1, 0.15) is 0 Å². The zero-order valence-corrected chi connectivity index (χ0v) is 18.0. The van der Waals surface area contributed by atoms with E-state index in [9.17, 15) is 9.59 Å². The topological polar surface area (TPSA) is 63.6 Å². The highest BCUT2D eigenvalue weighted by Crippen LogP contribution is 2.18. The highest BCUT2D eigenvalue weighted by molar-refractivity contribution is 14.2. The Hall–Kier alpha value is -0.380. The van der Waals surface area contributed by atoms with E-state index in [0.29, 0.717) is 6.61 Å². The second kappa shape index (κ2) is 12.9. The Bertz CT molecular complexity index is 517. The molecule has 0 aliphatic heterocycles. The molecule has 24 heavy (non-hydrogen) atoms. The number of carboxylic acids is 1. The van der Waals surface area contributed by atoms with Crippen LogP contribution in [0.4, 0.5) is 0 Å². The molecular weight excluding hydrogens is 534 g/mol. The van der Waals surface area contributed by atoms with Crippen LogP contribution in [0.25, 0.3) is 0 Å². The predicted octanol–water partition coefficient (Wildman–Crippen LogP) is 5.86. The number of benzene rings is 1. The Morgan fingerprint density at radius 2 is 1.46 bits per heavy atom. The second-order valence-electron chi connectivity index (χ2n) is 5.64. The fraction of sp³-hybridized carbons (Fsp3) is 0.556. The van der Waals surface area contributed by atoms with E-state index in [2.05, 4.69) is 45.2 Å². The molecule has 1 rings (SSSR count). The maximum atomic E-state index is 11.9. The first-order valence-electron chi connectivity index (χ1n) is 8.30. The molecule has 0 aliphatic carbocycles. The summed E-state index contributed by atoms with van der Waals surface area (Å²) < 4.78 is 5.92. The molecule has 0 spiro atoms. The van der Waals surface area contributed by atoms with E-state index in [0.717, 1.165) is 21.2 Å². The SMILES string of the molecule is O=C(O)c1ccccc1C(=O)OCCCCCCCCCC(I)I. The van der Waals surface area contributed by atoms with Crippen molar-refractivity contribution < 1.29 is 19.4 Å². The monoisotopic (exact) mass is 558 g/mol. The van der Waals surface area contributed by atoms with Gasteiger partial charge in [-0.05, 0) is 25.0 Å². The summed E-state index contributed by atoms with van der Waals surface area (Å²) in [7, 11) is 0. The third-order valence-electron chi connectivity index (χ3n) is 3.68. The standard InChI is InChI=1S/C18H24I2O4/c19-16(20)12-6-4-2-1-3-5-9-13-24-18(23)15-11-8-7-10-14(15)17(21)22/h7-8,10-11,16H,1-6,9,12-13H2,(H,21,22). The molecule has 0 unspecified atom stereocenters. The average Bonchev–Trinajstić information content (AvgIpc) is 2.56. The zero-order chi connectivity index (χ0) is 17.8. The van der Waals surface area contributed by atoms with Crippen LogP contribution in [-0.4, -0.2) is 25.6 Å². The minimum atomic E-state index is -1.11. The summed E-state index contributed by atoms with van der Waals surface area (Å²) in [5.41, 5.74) is 0.108. The van der Waals surface area contributed by atoms with Gasteiger partial charge in [-0.25, -0.2) is 9.59 Å². The van der Waals surface area contributed by atoms with Crippen LogP contribution < -0.4 is 0 Å². The first-order valence-corrected chi connectivity index (χ1v) is 10.8. The summed E-state index contributed by atoms with van der Waals surface area (Å²) in [5.74, 6) is -1.67. The van der Waals surface area contributed by atoms with Crippen LogP contribution in [0.15, 0.2) is 24.3 Å². The normalized spacial score (nSPS) is 10.8.